The molecule has 3 heterocycles. The van der Waals surface area contributed by atoms with E-state index in [-0.39, 0.29) is 19.6 Å². The average molecular weight is 351 g/mol. The van der Waals surface area contributed by atoms with Crippen molar-refractivity contribution < 1.29 is 28.8 Å². The number of rotatable bonds is 0. The smallest absolute Gasteiger partial charge is 0.338 e. The maximum Gasteiger partial charge on any atom is 0.338 e. The van der Waals surface area contributed by atoms with Gasteiger partial charge in [0.05, 0.1) is 13.1 Å². The second-order valence-electron chi connectivity index (χ2n) is 7.46. The van der Waals surface area contributed by atoms with Gasteiger partial charge in [0, 0.05) is 17.6 Å². The van der Waals surface area contributed by atoms with E-state index in [0.717, 1.165) is 0 Å². The summed E-state index contributed by atoms with van der Waals surface area (Å²) in [6.45, 7) is 5.39. The molecule has 5 atom stereocenters. The van der Waals surface area contributed by atoms with Crippen LogP contribution < -0.4 is 0 Å². The number of aliphatic hydroxyl groups is 1. The third-order valence-corrected chi connectivity index (χ3v) is 5.83. The van der Waals surface area contributed by atoms with Gasteiger partial charge in [-0.05, 0) is 32.3 Å². The lowest BCUT2D eigenvalue weighted by atomic mass is 9.85. The summed E-state index contributed by atoms with van der Waals surface area (Å²) >= 11 is 0. The summed E-state index contributed by atoms with van der Waals surface area (Å²) in [6.07, 6.45) is 3.57. The number of hydroxylamine groups is 3. The Morgan fingerprint density at radius 1 is 1.44 bits per heavy atom. The molecule has 7 nitrogen and oxygen atoms in total. The van der Waals surface area contributed by atoms with Crippen LogP contribution in [0.3, 0.4) is 0 Å². The van der Waals surface area contributed by atoms with E-state index < -0.39 is 40.2 Å². The number of esters is 2. The number of allylic oxidation sites excluding steroid dienone is 1. The zero-order chi connectivity index (χ0) is 18.4. The van der Waals surface area contributed by atoms with Gasteiger partial charge in [-0.3, -0.25) is 0 Å². The van der Waals surface area contributed by atoms with Gasteiger partial charge in [0.15, 0.2) is 17.7 Å². The fourth-order valence-corrected chi connectivity index (χ4v) is 3.91. The summed E-state index contributed by atoms with van der Waals surface area (Å²) in [5.41, 5.74) is -0.670. The monoisotopic (exact) mass is 351 g/mol. The van der Waals surface area contributed by atoms with Crippen LogP contribution in [0.5, 0.6) is 0 Å². The van der Waals surface area contributed by atoms with Crippen molar-refractivity contribution in [2.75, 3.05) is 19.7 Å². The minimum Gasteiger partial charge on any atom is -0.632 e. The first-order valence-corrected chi connectivity index (χ1v) is 8.71. The third-order valence-electron chi connectivity index (χ3n) is 5.83. The van der Waals surface area contributed by atoms with Crippen molar-refractivity contribution in [3.63, 3.8) is 0 Å². The maximum absolute atomic E-state index is 12.9. The molecule has 2 saturated heterocycles. The van der Waals surface area contributed by atoms with Gasteiger partial charge < -0.3 is 24.4 Å². The van der Waals surface area contributed by atoms with Crippen molar-refractivity contribution in [1.82, 2.24) is 0 Å². The Labute approximate surface area is 147 Å². The van der Waals surface area contributed by atoms with Crippen LogP contribution in [0, 0.1) is 11.1 Å². The lowest BCUT2D eigenvalue weighted by Crippen LogP contribution is -2.49. The predicted octanol–water partition coefficient (Wildman–Crippen LogP) is 1.21. The van der Waals surface area contributed by atoms with E-state index in [2.05, 4.69) is 0 Å². The van der Waals surface area contributed by atoms with Gasteiger partial charge in [0.2, 0.25) is 0 Å². The maximum atomic E-state index is 12.9. The van der Waals surface area contributed by atoms with Gasteiger partial charge in [-0.1, -0.05) is 13.0 Å². The highest BCUT2D eigenvalue weighted by Gasteiger charge is 2.51. The molecule has 0 aromatic heterocycles. The fourth-order valence-electron chi connectivity index (χ4n) is 3.91. The van der Waals surface area contributed by atoms with E-state index in [4.69, 9.17) is 9.47 Å². The number of hydrogen-bond donors (Lipinski definition) is 1. The molecule has 1 N–H and O–H groups in total. The summed E-state index contributed by atoms with van der Waals surface area (Å²) in [5, 5.41) is 23.5. The second-order valence-corrected chi connectivity index (χ2v) is 7.46. The second kappa shape index (κ2) is 6.23. The predicted molar refractivity (Wildman–Crippen MR) is 88.9 cm³/mol. The van der Waals surface area contributed by atoms with Crippen molar-refractivity contribution >= 4 is 11.9 Å². The summed E-state index contributed by atoms with van der Waals surface area (Å²) < 4.78 is 10.5. The number of carbonyl (C=O) groups excluding carboxylic acids is 2. The van der Waals surface area contributed by atoms with Gasteiger partial charge in [-0.15, -0.1) is 0 Å². The van der Waals surface area contributed by atoms with Crippen molar-refractivity contribution in [2.24, 2.45) is 5.92 Å². The average Bonchev–Trinajstić information content (AvgIpc) is 3.05. The molecule has 25 heavy (non-hydrogen) atoms. The molecule has 3 aliphatic heterocycles. The van der Waals surface area contributed by atoms with E-state index in [9.17, 15) is 19.9 Å². The van der Waals surface area contributed by atoms with E-state index in [1.807, 2.05) is 0 Å². The van der Waals surface area contributed by atoms with Gasteiger partial charge in [0.1, 0.15) is 6.61 Å². The quantitative estimate of drug-likeness (QED) is 0.232. The Morgan fingerprint density at radius 3 is 2.84 bits per heavy atom. The molecule has 0 aliphatic carbocycles. The Bertz CT molecular complexity index is 652. The van der Waals surface area contributed by atoms with Crippen molar-refractivity contribution in [1.29, 1.82) is 0 Å². The molecule has 138 valence electrons. The zero-order valence-electron chi connectivity index (χ0n) is 14.9. The van der Waals surface area contributed by atoms with Crippen LogP contribution in [0.25, 0.3) is 0 Å². The van der Waals surface area contributed by atoms with Crippen LogP contribution in [0.2, 0.25) is 0 Å². The number of cyclic esters (lactones) is 1. The normalized spacial score (nSPS) is 43.6. The van der Waals surface area contributed by atoms with Gasteiger partial charge in [-0.2, -0.15) is 0 Å². The van der Waals surface area contributed by atoms with Crippen molar-refractivity contribution in [2.45, 2.75) is 51.4 Å². The molecule has 0 radical (unpaired) electrons. The third kappa shape index (κ3) is 3.01. The number of nitrogens with zero attached hydrogens (tertiary/aromatic N) is 1. The van der Waals surface area contributed by atoms with Crippen LogP contribution in [-0.2, 0) is 19.1 Å². The fraction of sp³-hybridized carbons (Fsp3) is 0.667. The standard InChI is InChI=1S/C18H25NO6/c1-4-12-9-11(2)18(3,22)17(21)24-10-13-5-7-19(23)8-6-14(15(13)19)25-16(12)20/h4-5,11,14-15,22H,6-10H2,1-3H3/b12-4-. The number of carbonyl (C=O) groups is 2. The van der Waals surface area contributed by atoms with Gasteiger partial charge in [-0.25, -0.2) is 9.59 Å². The molecule has 0 amide bonds. The lowest BCUT2D eigenvalue weighted by Gasteiger charge is -2.41. The molecule has 3 rings (SSSR count). The molecular formula is C18H25NO6. The first-order chi connectivity index (χ1) is 11.7. The van der Waals surface area contributed by atoms with Crippen LogP contribution >= 0.6 is 0 Å². The minimum absolute atomic E-state index is 0.0564. The number of quaternary nitrogens is 1. The van der Waals surface area contributed by atoms with Crippen LogP contribution in [0.4, 0.5) is 0 Å². The molecule has 0 spiro atoms. The molecule has 3 aliphatic rings. The van der Waals surface area contributed by atoms with E-state index >= 15 is 0 Å². The summed E-state index contributed by atoms with van der Waals surface area (Å²) in [6, 6.07) is -0.531. The first kappa shape index (κ1) is 18.1. The molecule has 0 saturated carbocycles. The van der Waals surface area contributed by atoms with E-state index in [1.165, 1.54) is 6.92 Å². The largest absolute Gasteiger partial charge is 0.632 e. The van der Waals surface area contributed by atoms with Crippen LogP contribution in [0.1, 0.15) is 33.6 Å². The lowest BCUT2D eigenvalue weighted by molar-refractivity contribution is -0.877. The van der Waals surface area contributed by atoms with Gasteiger partial charge >= 0.3 is 11.9 Å². The van der Waals surface area contributed by atoms with E-state index in [0.29, 0.717) is 24.1 Å². The molecule has 7 heteroatoms. The van der Waals surface area contributed by atoms with Crippen LogP contribution in [-0.4, -0.2) is 59.1 Å². The SMILES string of the molecule is C/C=C1/CC(C)C(C)(O)C(=O)OCC2=CC[N+]3([O-])CCC(OC1=O)C23. The summed E-state index contributed by atoms with van der Waals surface area (Å²) in [7, 11) is 0. The Hall–Kier alpha value is -1.70. The van der Waals surface area contributed by atoms with Gasteiger partial charge in [0.25, 0.3) is 0 Å². The van der Waals surface area contributed by atoms with Crippen molar-refractivity contribution in [3.05, 3.63) is 28.5 Å². The molecule has 0 aromatic rings. The first-order valence-electron chi connectivity index (χ1n) is 8.71. The minimum atomic E-state index is -1.73. The van der Waals surface area contributed by atoms with Crippen molar-refractivity contribution in [3.8, 4) is 0 Å². The Morgan fingerprint density at radius 2 is 2.16 bits per heavy atom. The number of hydrogen-bond acceptors (Lipinski definition) is 6. The number of ether oxygens (including phenoxy) is 2. The van der Waals surface area contributed by atoms with Crippen LogP contribution in [0.15, 0.2) is 23.3 Å². The van der Waals surface area contributed by atoms with E-state index in [1.54, 1.807) is 26.0 Å². The summed E-state index contributed by atoms with van der Waals surface area (Å²) in [4.78, 5) is 24.9. The molecule has 5 unspecified atom stereocenters. The zero-order valence-corrected chi connectivity index (χ0v) is 14.9. The highest BCUT2D eigenvalue weighted by molar-refractivity contribution is 5.89. The molecule has 2 fully saturated rings. The Kier molecular flexibility index (Phi) is 4.51. The summed E-state index contributed by atoms with van der Waals surface area (Å²) in [5.74, 6) is -1.75. The highest BCUT2D eigenvalue weighted by Crippen LogP contribution is 2.39. The topological polar surface area (TPSA) is 95.9 Å². The highest BCUT2D eigenvalue weighted by atomic mass is 16.6. The Balaban J connectivity index is 1.94. The molecular weight excluding hydrogens is 326 g/mol. The molecule has 0 bridgehead atoms. The molecule has 0 aromatic carbocycles.